The van der Waals surface area contributed by atoms with Gasteiger partial charge in [-0.2, -0.15) is 0 Å². The van der Waals surface area contributed by atoms with E-state index in [1.165, 1.54) is 167 Å². The number of rotatable bonds is 55. The van der Waals surface area contributed by atoms with E-state index in [1.54, 1.807) is 0 Å². The molecule has 0 spiro atoms. The van der Waals surface area contributed by atoms with Crippen LogP contribution in [0, 0.1) is 0 Å². The van der Waals surface area contributed by atoms with Gasteiger partial charge in [-0.1, -0.05) is 236 Å². The largest absolute Gasteiger partial charge is 0.545 e. The first-order valence-corrected chi connectivity index (χ1v) is 29.8. The number of carboxylic acid groups (broad SMARTS) is 1. The Morgan fingerprint density at radius 1 is 0.437 bits per heavy atom. The molecule has 0 saturated heterocycles. The molecule has 2 atom stereocenters. The smallest absolute Gasteiger partial charge is 0.306 e. The van der Waals surface area contributed by atoms with Crippen LogP contribution >= 0.6 is 0 Å². The Morgan fingerprint density at radius 3 is 1.21 bits per heavy atom. The summed E-state index contributed by atoms with van der Waals surface area (Å²) in [4.78, 5) is 37.2. The van der Waals surface area contributed by atoms with E-state index in [0.717, 1.165) is 70.6 Å². The number of hydrogen-bond donors (Lipinski definition) is 0. The molecule has 0 saturated carbocycles. The predicted octanol–water partition coefficient (Wildman–Crippen LogP) is 16.1. The molecule has 9 heteroatoms. The number of hydrogen-bond acceptors (Lipinski definition) is 8. The van der Waals surface area contributed by atoms with Crippen molar-refractivity contribution in [1.29, 1.82) is 0 Å². The highest BCUT2D eigenvalue weighted by molar-refractivity contribution is 5.70. The Hall–Kier alpha value is -2.75. The molecule has 0 amide bonds. The molecule has 0 aliphatic heterocycles. The third kappa shape index (κ3) is 54.9. The number of likely N-dealkylation sites (N-methyl/N-ethyl adjacent to an activating group) is 1. The highest BCUT2D eigenvalue weighted by atomic mass is 16.7. The summed E-state index contributed by atoms with van der Waals surface area (Å²) < 4.78 is 22.7. The van der Waals surface area contributed by atoms with Gasteiger partial charge in [-0.3, -0.25) is 9.59 Å². The molecule has 71 heavy (non-hydrogen) atoms. The molecule has 414 valence electrons. The lowest BCUT2D eigenvalue weighted by atomic mass is 10.0. The van der Waals surface area contributed by atoms with Crippen LogP contribution in [-0.2, 0) is 33.3 Å². The summed E-state index contributed by atoms with van der Waals surface area (Å²) in [6, 6.07) is 0. The molecule has 0 aromatic rings. The lowest BCUT2D eigenvalue weighted by Crippen LogP contribution is -2.44. The highest BCUT2D eigenvalue weighted by Gasteiger charge is 2.22. The molecule has 0 fully saturated rings. The Balaban J connectivity index is 4.08. The van der Waals surface area contributed by atoms with E-state index in [-0.39, 0.29) is 32.2 Å². The summed E-state index contributed by atoms with van der Waals surface area (Å²) in [5, 5.41) is 11.8. The number of aliphatic carboxylic acids is 1. The van der Waals surface area contributed by atoms with Crippen LogP contribution in [0.5, 0.6) is 0 Å². The molecule has 0 rings (SSSR count). The minimum atomic E-state index is -1.63. The van der Waals surface area contributed by atoms with Crippen molar-refractivity contribution in [2.45, 2.75) is 283 Å². The number of quaternary nitrogens is 1. The van der Waals surface area contributed by atoms with Crippen LogP contribution in [0.4, 0.5) is 0 Å². The van der Waals surface area contributed by atoms with Gasteiger partial charge in [0.25, 0.3) is 0 Å². The van der Waals surface area contributed by atoms with Crippen molar-refractivity contribution in [1.82, 2.24) is 0 Å². The maximum absolute atomic E-state index is 12.8. The number of ether oxygens (including phenoxy) is 4. The first kappa shape index (κ1) is 68.2. The average Bonchev–Trinajstić information content (AvgIpc) is 3.34. The van der Waals surface area contributed by atoms with Crippen molar-refractivity contribution in [2.75, 3.05) is 47.5 Å². The van der Waals surface area contributed by atoms with Gasteiger partial charge in [0.05, 0.1) is 40.3 Å². The number of nitrogens with zero attached hydrogens (tertiary/aromatic N) is 1. The average molecular weight is 1000 g/mol. The van der Waals surface area contributed by atoms with E-state index in [9.17, 15) is 19.5 Å². The minimum Gasteiger partial charge on any atom is -0.545 e. The van der Waals surface area contributed by atoms with Crippen LogP contribution in [0.3, 0.4) is 0 Å². The SMILES string of the molecule is CC/C=C\C/C=C\C/C=C\CCCCCCCC(=O)OC(COC(=O)CCCCCCCCCCCCCCCCCCCCC/C=C\CCCCCCCCCC)COC(OCC[N+](C)(C)C)C(=O)[O-]. The van der Waals surface area contributed by atoms with Crippen molar-refractivity contribution in [3.8, 4) is 0 Å². The van der Waals surface area contributed by atoms with E-state index in [4.69, 9.17) is 18.9 Å². The van der Waals surface area contributed by atoms with Gasteiger partial charge in [-0.25, -0.2) is 0 Å². The second kappa shape index (κ2) is 53.5. The van der Waals surface area contributed by atoms with Crippen molar-refractivity contribution < 1.29 is 42.9 Å². The molecule has 0 aromatic carbocycles. The lowest BCUT2D eigenvalue weighted by Gasteiger charge is -2.26. The minimum absolute atomic E-state index is 0.144. The number of carboxylic acids is 1. The molecule has 0 aliphatic carbocycles. The van der Waals surface area contributed by atoms with Gasteiger partial charge in [0.15, 0.2) is 12.4 Å². The molecule has 2 unspecified atom stereocenters. The fourth-order valence-electron chi connectivity index (χ4n) is 8.49. The molecule has 9 nitrogen and oxygen atoms in total. The zero-order chi connectivity index (χ0) is 52.0. The van der Waals surface area contributed by atoms with E-state index >= 15 is 0 Å². The van der Waals surface area contributed by atoms with E-state index in [1.807, 2.05) is 21.1 Å². The van der Waals surface area contributed by atoms with Gasteiger partial charge < -0.3 is 33.3 Å². The summed E-state index contributed by atoms with van der Waals surface area (Å²) in [6.07, 6.45) is 63.3. The third-order valence-corrected chi connectivity index (χ3v) is 13.1. The Morgan fingerprint density at radius 2 is 0.803 bits per heavy atom. The van der Waals surface area contributed by atoms with Crippen molar-refractivity contribution in [3.05, 3.63) is 48.6 Å². The number of allylic oxidation sites excluding steroid dienone is 8. The summed E-state index contributed by atoms with van der Waals surface area (Å²) >= 11 is 0. The maximum atomic E-state index is 12.8. The lowest BCUT2D eigenvalue weighted by molar-refractivity contribution is -0.870. The monoisotopic (exact) mass is 1000 g/mol. The fraction of sp³-hybridized carbons (Fsp3) is 0.823. The first-order valence-electron chi connectivity index (χ1n) is 29.8. The van der Waals surface area contributed by atoms with Gasteiger partial charge in [0, 0.05) is 12.8 Å². The van der Waals surface area contributed by atoms with Crippen LogP contribution in [0.1, 0.15) is 271 Å². The molecular weight excluding hydrogens is 887 g/mol. The van der Waals surface area contributed by atoms with E-state index in [2.05, 4.69) is 62.5 Å². The molecule has 0 heterocycles. The van der Waals surface area contributed by atoms with Crippen LogP contribution < -0.4 is 5.11 Å². The summed E-state index contributed by atoms with van der Waals surface area (Å²) in [6.45, 7) is 4.64. The van der Waals surface area contributed by atoms with Gasteiger partial charge >= 0.3 is 11.9 Å². The van der Waals surface area contributed by atoms with Crippen molar-refractivity contribution >= 4 is 17.9 Å². The Kier molecular flexibility index (Phi) is 51.5. The van der Waals surface area contributed by atoms with Gasteiger partial charge in [0.2, 0.25) is 0 Å². The third-order valence-electron chi connectivity index (χ3n) is 13.1. The molecule has 0 N–H and O–H groups in total. The fourth-order valence-corrected chi connectivity index (χ4v) is 8.49. The molecule has 0 aliphatic rings. The molecule has 0 bridgehead atoms. The molecule has 0 aromatic heterocycles. The normalized spacial score (nSPS) is 13.1. The second-order valence-corrected chi connectivity index (χ2v) is 21.3. The number of esters is 2. The van der Waals surface area contributed by atoms with Crippen LogP contribution in [0.2, 0.25) is 0 Å². The van der Waals surface area contributed by atoms with Crippen molar-refractivity contribution in [2.24, 2.45) is 0 Å². The van der Waals surface area contributed by atoms with Crippen LogP contribution in [0.15, 0.2) is 48.6 Å². The zero-order valence-electron chi connectivity index (χ0n) is 47.1. The number of carbonyl (C=O) groups is 3. The quantitative estimate of drug-likeness (QED) is 0.0195. The standard InChI is InChI=1S/C62H113NO8/c1-6-8-10-12-14-16-18-20-22-23-24-25-26-27-28-29-30-31-32-33-34-35-36-37-39-40-42-44-46-48-50-52-59(64)69-56-58(57-70-62(61(66)67)68-55-54-63(3,4)5)71-60(65)53-51-49-47-45-43-41-38-21-19-17-15-13-11-9-7-2/h9,11,15,17,21,23-24,38,58,62H,6-8,10,12-14,16,18-20,22,25-37,39-57H2,1-5H3/b11-9-,17-15-,24-23-,38-21-. The summed E-state index contributed by atoms with van der Waals surface area (Å²) in [5.74, 6) is -2.30. The summed E-state index contributed by atoms with van der Waals surface area (Å²) in [5.41, 5.74) is 0. The van der Waals surface area contributed by atoms with Crippen LogP contribution in [0.25, 0.3) is 0 Å². The van der Waals surface area contributed by atoms with E-state index in [0.29, 0.717) is 23.9 Å². The zero-order valence-corrected chi connectivity index (χ0v) is 47.1. The number of carbonyl (C=O) groups excluding carboxylic acids is 3. The first-order chi connectivity index (χ1) is 34.6. The Labute approximate surface area is 438 Å². The molecule has 0 radical (unpaired) electrons. The topological polar surface area (TPSA) is 111 Å². The van der Waals surface area contributed by atoms with Gasteiger partial charge in [-0.15, -0.1) is 0 Å². The second-order valence-electron chi connectivity index (χ2n) is 21.3. The molecular formula is C62H113NO8. The number of unbranched alkanes of at least 4 members (excludes halogenated alkanes) is 32. The summed E-state index contributed by atoms with van der Waals surface area (Å²) in [7, 11) is 5.92. The van der Waals surface area contributed by atoms with E-state index < -0.39 is 24.3 Å². The highest BCUT2D eigenvalue weighted by Crippen LogP contribution is 2.17. The van der Waals surface area contributed by atoms with Gasteiger partial charge in [-0.05, 0) is 70.6 Å². The Bertz CT molecular complexity index is 1300. The predicted molar refractivity (Wildman–Crippen MR) is 297 cm³/mol. The maximum Gasteiger partial charge on any atom is 0.306 e. The van der Waals surface area contributed by atoms with Crippen LogP contribution in [-0.4, -0.2) is 82.3 Å². The van der Waals surface area contributed by atoms with Crippen molar-refractivity contribution in [3.63, 3.8) is 0 Å². The van der Waals surface area contributed by atoms with Gasteiger partial charge in [0.1, 0.15) is 13.2 Å².